The van der Waals surface area contributed by atoms with Gasteiger partial charge in [-0.25, -0.2) is 4.98 Å². The van der Waals surface area contributed by atoms with Crippen LogP contribution in [0.1, 0.15) is 37.7 Å². The van der Waals surface area contributed by atoms with Crippen LogP contribution in [-0.4, -0.2) is 17.6 Å². The van der Waals surface area contributed by atoms with Crippen LogP contribution in [0.25, 0.3) is 10.9 Å². The number of aromatic nitrogens is 1. The summed E-state index contributed by atoms with van der Waals surface area (Å²) < 4.78 is 0. The van der Waals surface area contributed by atoms with Crippen molar-refractivity contribution in [1.82, 2.24) is 4.98 Å². The molecule has 1 aliphatic carbocycles. The Morgan fingerprint density at radius 1 is 1.18 bits per heavy atom. The molecule has 1 aromatic carbocycles. The van der Waals surface area contributed by atoms with Gasteiger partial charge in [0.25, 0.3) is 0 Å². The average Bonchev–Trinajstić information content (AvgIpc) is 3.39. The molecule has 0 spiro atoms. The molecule has 0 bridgehead atoms. The Hall–Kier alpha value is -1.79. The third-order valence-corrected chi connectivity index (χ3v) is 5.12. The van der Waals surface area contributed by atoms with Crippen LogP contribution in [0, 0.1) is 17.2 Å². The molecule has 0 radical (unpaired) electrons. The Morgan fingerprint density at radius 3 is 2.82 bits per heavy atom. The number of nitrogens with zero attached hydrogens (tertiary/aromatic N) is 3. The fourth-order valence-electron chi connectivity index (χ4n) is 3.64. The second kappa shape index (κ2) is 5.44. The molecular formula is C18H18ClN3. The molecule has 0 N–H and O–H groups in total. The van der Waals surface area contributed by atoms with E-state index < -0.39 is 0 Å². The molecule has 1 aromatic heterocycles. The Bertz CT molecular complexity index is 761. The second-order valence-electron chi connectivity index (χ2n) is 6.40. The summed E-state index contributed by atoms with van der Waals surface area (Å²) in [5.74, 6) is 1.79. The van der Waals surface area contributed by atoms with Crippen LogP contribution in [-0.2, 0) is 0 Å². The van der Waals surface area contributed by atoms with E-state index in [0.29, 0.717) is 16.6 Å². The van der Waals surface area contributed by atoms with Crippen molar-refractivity contribution in [3.63, 3.8) is 0 Å². The summed E-state index contributed by atoms with van der Waals surface area (Å²) in [6, 6.07) is 10.5. The fourth-order valence-corrected chi connectivity index (χ4v) is 3.81. The molecule has 0 amide bonds. The summed E-state index contributed by atoms with van der Waals surface area (Å²) in [6.07, 6.45) is 6.47. The standard InChI is InChI=1S/C18H18ClN3/c19-14-6-7-16-15(10-14)13(11-20)9-18(21-16)22-8-2-1-3-17(22)12-4-5-12/h6-7,9-10,12,17H,1-5,8H2. The number of halogens is 1. The van der Waals surface area contributed by atoms with Gasteiger partial charge in [0, 0.05) is 23.0 Å². The SMILES string of the molecule is N#Cc1cc(N2CCCCC2C2CC2)nc2ccc(Cl)cc12. The van der Waals surface area contributed by atoms with Crippen LogP contribution in [0.3, 0.4) is 0 Å². The Morgan fingerprint density at radius 2 is 2.05 bits per heavy atom. The molecule has 2 fully saturated rings. The summed E-state index contributed by atoms with van der Waals surface area (Å²) in [4.78, 5) is 7.27. The molecule has 2 aliphatic rings. The molecule has 4 rings (SSSR count). The topological polar surface area (TPSA) is 39.9 Å². The van der Waals surface area contributed by atoms with Crippen LogP contribution in [0.4, 0.5) is 5.82 Å². The van der Waals surface area contributed by atoms with E-state index in [1.807, 2.05) is 24.3 Å². The molecule has 4 heteroatoms. The third kappa shape index (κ3) is 2.42. The van der Waals surface area contributed by atoms with Gasteiger partial charge in [-0.15, -0.1) is 0 Å². The van der Waals surface area contributed by atoms with Gasteiger partial charge in [0.2, 0.25) is 0 Å². The molecule has 3 nitrogen and oxygen atoms in total. The first kappa shape index (κ1) is 13.8. The van der Waals surface area contributed by atoms with Crippen LogP contribution in [0.15, 0.2) is 24.3 Å². The lowest BCUT2D eigenvalue weighted by atomic mass is 9.97. The van der Waals surface area contributed by atoms with Crippen molar-refractivity contribution in [1.29, 1.82) is 5.26 Å². The first-order valence-electron chi connectivity index (χ1n) is 8.03. The number of fused-ring (bicyclic) bond motifs is 1. The van der Waals surface area contributed by atoms with Crippen LogP contribution >= 0.6 is 11.6 Å². The average molecular weight is 312 g/mol. The highest BCUT2D eigenvalue weighted by atomic mass is 35.5. The van der Waals surface area contributed by atoms with E-state index in [-0.39, 0.29) is 0 Å². The zero-order valence-electron chi connectivity index (χ0n) is 12.4. The van der Waals surface area contributed by atoms with E-state index in [2.05, 4.69) is 11.0 Å². The van der Waals surface area contributed by atoms with Gasteiger partial charge in [0.1, 0.15) is 5.82 Å². The second-order valence-corrected chi connectivity index (χ2v) is 6.83. The van der Waals surface area contributed by atoms with Gasteiger partial charge in [-0.05, 0) is 62.3 Å². The summed E-state index contributed by atoms with van der Waals surface area (Å²) >= 11 is 6.06. The first-order chi connectivity index (χ1) is 10.8. The Balaban J connectivity index is 1.81. The largest absolute Gasteiger partial charge is 0.353 e. The van der Waals surface area contributed by atoms with Gasteiger partial charge in [-0.3, -0.25) is 0 Å². The zero-order chi connectivity index (χ0) is 15.1. The van der Waals surface area contributed by atoms with E-state index in [4.69, 9.17) is 16.6 Å². The monoisotopic (exact) mass is 311 g/mol. The molecule has 1 saturated carbocycles. The maximum atomic E-state index is 9.50. The van der Waals surface area contributed by atoms with E-state index in [9.17, 15) is 5.26 Å². The lowest BCUT2D eigenvalue weighted by Crippen LogP contribution is -2.41. The molecule has 1 saturated heterocycles. The molecule has 1 atom stereocenters. The lowest BCUT2D eigenvalue weighted by molar-refractivity contribution is 0.421. The highest BCUT2D eigenvalue weighted by Gasteiger charge is 2.37. The number of pyridine rings is 1. The number of piperidine rings is 1. The predicted octanol–water partition coefficient (Wildman–Crippen LogP) is 4.53. The minimum absolute atomic E-state index is 0.609. The number of benzene rings is 1. The molecular weight excluding hydrogens is 294 g/mol. The first-order valence-corrected chi connectivity index (χ1v) is 8.41. The third-order valence-electron chi connectivity index (χ3n) is 4.89. The molecule has 1 unspecified atom stereocenters. The van der Waals surface area contributed by atoms with Crippen molar-refractivity contribution in [2.24, 2.45) is 5.92 Å². The number of nitriles is 1. The summed E-state index contributed by atoms with van der Waals surface area (Å²) in [5.41, 5.74) is 1.53. The number of hydrogen-bond donors (Lipinski definition) is 0. The summed E-state index contributed by atoms with van der Waals surface area (Å²) in [7, 11) is 0. The van der Waals surface area contributed by atoms with E-state index in [1.165, 1.54) is 32.1 Å². The fraction of sp³-hybridized carbons (Fsp3) is 0.444. The summed E-state index contributed by atoms with van der Waals surface area (Å²) in [6.45, 7) is 1.05. The van der Waals surface area contributed by atoms with Crippen LogP contribution < -0.4 is 4.90 Å². The van der Waals surface area contributed by atoms with Gasteiger partial charge in [0.05, 0.1) is 17.1 Å². The van der Waals surface area contributed by atoms with Crippen molar-refractivity contribution in [3.05, 3.63) is 34.9 Å². The van der Waals surface area contributed by atoms with Crippen molar-refractivity contribution in [2.75, 3.05) is 11.4 Å². The van der Waals surface area contributed by atoms with Gasteiger partial charge < -0.3 is 4.90 Å². The van der Waals surface area contributed by atoms with Crippen molar-refractivity contribution < 1.29 is 0 Å². The maximum Gasteiger partial charge on any atom is 0.130 e. The molecule has 2 heterocycles. The van der Waals surface area contributed by atoms with E-state index in [0.717, 1.165) is 29.2 Å². The van der Waals surface area contributed by atoms with Gasteiger partial charge in [-0.2, -0.15) is 5.26 Å². The normalized spacial score (nSPS) is 21.8. The molecule has 2 aromatic rings. The zero-order valence-corrected chi connectivity index (χ0v) is 13.2. The predicted molar refractivity (Wildman–Crippen MR) is 89.2 cm³/mol. The van der Waals surface area contributed by atoms with Crippen molar-refractivity contribution >= 4 is 28.3 Å². The minimum Gasteiger partial charge on any atom is -0.353 e. The number of hydrogen-bond acceptors (Lipinski definition) is 3. The highest BCUT2D eigenvalue weighted by molar-refractivity contribution is 6.31. The van der Waals surface area contributed by atoms with Gasteiger partial charge in [0.15, 0.2) is 0 Å². The smallest absolute Gasteiger partial charge is 0.130 e. The Kier molecular flexibility index (Phi) is 3.43. The molecule has 1 aliphatic heterocycles. The van der Waals surface area contributed by atoms with E-state index >= 15 is 0 Å². The highest BCUT2D eigenvalue weighted by Crippen LogP contribution is 2.41. The number of rotatable bonds is 2. The minimum atomic E-state index is 0.609. The van der Waals surface area contributed by atoms with Crippen LogP contribution in [0.2, 0.25) is 5.02 Å². The lowest BCUT2D eigenvalue weighted by Gasteiger charge is -2.37. The maximum absolute atomic E-state index is 9.50. The van der Waals surface area contributed by atoms with Gasteiger partial charge >= 0.3 is 0 Å². The van der Waals surface area contributed by atoms with E-state index in [1.54, 1.807) is 0 Å². The van der Waals surface area contributed by atoms with Crippen LogP contribution in [0.5, 0.6) is 0 Å². The summed E-state index contributed by atoms with van der Waals surface area (Å²) in [5, 5.41) is 11.0. The Labute approximate surface area is 135 Å². The molecule has 22 heavy (non-hydrogen) atoms. The quantitative estimate of drug-likeness (QED) is 0.818. The molecule has 112 valence electrons. The van der Waals surface area contributed by atoms with Crippen molar-refractivity contribution in [2.45, 2.75) is 38.1 Å². The van der Waals surface area contributed by atoms with Crippen molar-refractivity contribution in [3.8, 4) is 6.07 Å². The number of anilines is 1. The van der Waals surface area contributed by atoms with Gasteiger partial charge in [-0.1, -0.05) is 11.6 Å².